The van der Waals surface area contributed by atoms with Gasteiger partial charge in [-0.15, -0.1) is 11.8 Å². The number of halogens is 4. The van der Waals surface area contributed by atoms with E-state index in [9.17, 15) is 18.3 Å². The van der Waals surface area contributed by atoms with Gasteiger partial charge < -0.3 is 10.4 Å². The summed E-state index contributed by atoms with van der Waals surface area (Å²) in [5, 5.41) is 13.5. The molecule has 0 aliphatic rings. The van der Waals surface area contributed by atoms with E-state index in [0.717, 1.165) is 12.1 Å². The first-order chi connectivity index (χ1) is 12.3. The van der Waals surface area contributed by atoms with E-state index in [1.165, 1.54) is 18.0 Å². The number of phenolic OH excluding ortho intramolecular Hbond substituents is 1. The molecule has 5 nitrogen and oxygen atoms in total. The molecule has 26 heavy (non-hydrogen) atoms. The van der Waals surface area contributed by atoms with E-state index in [1.54, 1.807) is 12.3 Å². The van der Waals surface area contributed by atoms with Gasteiger partial charge in [-0.2, -0.15) is 13.2 Å². The maximum Gasteiger partial charge on any atom is 0.416 e. The summed E-state index contributed by atoms with van der Waals surface area (Å²) in [6.45, 7) is 0. The Morgan fingerprint density at radius 3 is 2.81 bits per heavy atom. The number of anilines is 2. The van der Waals surface area contributed by atoms with E-state index in [0.29, 0.717) is 22.1 Å². The number of aromatic hydroxyl groups is 1. The van der Waals surface area contributed by atoms with Gasteiger partial charge in [0.1, 0.15) is 16.5 Å². The van der Waals surface area contributed by atoms with E-state index < -0.39 is 17.5 Å². The molecule has 0 saturated heterocycles. The van der Waals surface area contributed by atoms with E-state index >= 15 is 0 Å². The first-order valence-corrected chi connectivity index (χ1v) is 9.52. The number of hydrogen-bond donors (Lipinski definition) is 2. The molecule has 0 radical (unpaired) electrons. The van der Waals surface area contributed by atoms with Gasteiger partial charge in [0.05, 0.1) is 5.56 Å². The summed E-state index contributed by atoms with van der Waals surface area (Å²) in [5.41, 5.74) is -0.427. The third-order valence-electron chi connectivity index (χ3n) is 2.96. The van der Waals surface area contributed by atoms with Crippen molar-refractivity contribution < 1.29 is 18.3 Å². The minimum Gasteiger partial charge on any atom is -0.508 e. The molecule has 138 valence electrons. The Labute approximate surface area is 160 Å². The lowest BCUT2D eigenvalue weighted by Crippen LogP contribution is -2.07. The molecule has 0 unspecified atom stereocenters. The molecule has 0 fully saturated rings. The number of nitrogens with zero attached hydrogens (tertiary/aromatic N) is 3. The molecule has 1 aromatic heterocycles. The van der Waals surface area contributed by atoms with Gasteiger partial charge in [0.25, 0.3) is 0 Å². The number of phenols is 1. The van der Waals surface area contributed by atoms with Crippen molar-refractivity contribution in [2.24, 2.45) is 4.99 Å². The Bertz CT molecular complexity index is 827. The number of rotatable bonds is 5. The minimum atomic E-state index is -4.57. The second-order valence-corrected chi connectivity index (χ2v) is 6.28. The molecule has 1 heterocycles. The number of benzene rings is 1. The highest BCUT2D eigenvalue weighted by Gasteiger charge is 2.31. The molecule has 2 N–H and O–H groups in total. The SMILES string of the molecule is CSC(=N/C=C/CBr)c1ccnc(Nc2cc(O)cc(C(F)(F)F)c2)n1. The van der Waals surface area contributed by atoms with Crippen molar-refractivity contribution in [2.75, 3.05) is 16.9 Å². The average Bonchev–Trinajstić information content (AvgIpc) is 2.58. The number of aromatic nitrogens is 2. The molecular formula is C16H14BrF3N4OS. The number of alkyl halides is 4. The number of hydrogen-bond acceptors (Lipinski definition) is 6. The van der Waals surface area contributed by atoms with Crippen LogP contribution in [0.5, 0.6) is 5.75 Å². The molecule has 1 aromatic carbocycles. The van der Waals surface area contributed by atoms with Gasteiger partial charge in [0.15, 0.2) is 0 Å². The molecule has 0 amide bonds. The summed E-state index contributed by atoms with van der Waals surface area (Å²) in [6.07, 6.45) is 2.17. The first-order valence-electron chi connectivity index (χ1n) is 7.18. The second-order valence-electron chi connectivity index (χ2n) is 4.83. The summed E-state index contributed by atoms with van der Waals surface area (Å²) >= 11 is 4.63. The quantitative estimate of drug-likeness (QED) is 0.385. The molecule has 0 saturated carbocycles. The Kier molecular flexibility index (Phi) is 7.04. The molecule has 0 atom stereocenters. The summed E-state index contributed by atoms with van der Waals surface area (Å²) in [7, 11) is 0. The maximum atomic E-state index is 12.9. The van der Waals surface area contributed by atoms with Crippen LogP contribution in [0, 0.1) is 0 Å². The third-order valence-corrected chi connectivity index (χ3v) is 4.03. The zero-order valence-electron chi connectivity index (χ0n) is 13.5. The lowest BCUT2D eigenvalue weighted by atomic mass is 10.2. The van der Waals surface area contributed by atoms with E-state index in [1.807, 2.05) is 12.3 Å². The van der Waals surface area contributed by atoms with Crippen LogP contribution in [0.1, 0.15) is 11.3 Å². The topological polar surface area (TPSA) is 70.4 Å². The largest absolute Gasteiger partial charge is 0.508 e. The Balaban J connectivity index is 2.30. The summed E-state index contributed by atoms with van der Waals surface area (Å²) in [5.74, 6) is -0.419. The van der Waals surface area contributed by atoms with Crippen molar-refractivity contribution in [3.63, 3.8) is 0 Å². The van der Waals surface area contributed by atoms with Gasteiger partial charge in [-0.25, -0.2) is 15.0 Å². The minimum absolute atomic E-state index is 0.0244. The van der Waals surface area contributed by atoms with Gasteiger partial charge in [-0.05, 0) is 24.5 Å². The van der Waals surface area contributed by atoms with Gasteiger partial charge in [-0.3, -0.25) is 0 Å². The van der Waals surface area contributed by atoms with E-state index in [4.69, 9.17) is 0 Å². The fourth-order valence-corrected chi connectivity index (χ4v) is 2.55. The van der Waals surface area contributed by atoms with Crippen LogP contribution in [-0.4, -0.2) is 31.7 Å². The highest BCUT2D eigenvalue weighted by atomic mass is 79.9. The van der Waals surface area contributed by atoms with Gasteiger partial charge in [0.2, 0.25) is 5.95 Å². The average molecular weight is 447 g/mol. The molecule has 0 spiro atoms. The van der Waals surface area contributed by atoms with Gasteiger partial charge in [-0.1, -0.05) is 22.0 Å². The van der Waals surface area contributed by atoms with E-state index in [2.05, 4.69) is 36.2 Å². The molecule has 0 bridgehead atoms. The summed E-state index contributed by atoms with van der Waals surface area (Å²) < 4.78 is 38.6. The highest BCUT2D eigenvalue weighted by Crippen LogP contribution is 2.34. The van der Waals surface area contributed by atoms with Crippen LogP contribution in [0.15, 0.2) is 47.7 Å². The lowest BCUT2D eigenvalue weighted by molar-refractivity contribution is -0.137. The predicted molar refractivity (Wildman–Crippen MR) is 101 cm³/mol. The fraction of sp³-hybridized carbons (Fsp3) is 0.188. The normalized spacial score (nSPS) is 12.6. The fourth-order valence-electron chi connectivity index (χ4n) is 1.90. The first kappa shape index (κ1) is 20.2. The number of nitrogens with one attached hydrogen (secondary N) is 1. The smallest absolute Gasteiger partial charge is 0.416 e. The van der Waals surface area contributed by atoms with Crippen molar-refractivity contribution in [2.45, 2.75) is 6.18 Å². The Hall–Kier alpha value is -2.07. The van der Waals surface area contributed by atoms with Crippen LogP contribution in [0.25, 0.3) is 0 Å². The summed E-state index contributed by atoms with van der Waals surface area (Å²) in [4.78, 5) is 12.5. The molecule has 2 rings (SSSR count). The van der Waals surface area contributed by atoms with Gasteiger partial charge in [0, 0.05) is 29.5 Å². The van der Waals surface area contributed by atoms with Crippen LogP contribution in [0.3, 0.4) is 0 Å². The Morgan fingerprint density at radius 1 is 1.38 bits per heavy atom. The highest BCUT2D eigenvalue weighted by molar-refractivity contribution is 9.09. The number of thioether (sulfide) groups is 1. The number of allylic oxidation sites excluding steroid dienone is 1. The predicted octanol–water partition coefficient (Wildman–Crippen LogP) is 4.96. The van der Waals surface area contributed by atoms with Crippen molar-refractivity contribution in [1.29, 1.82) is 0 Å². The van der Waals surface area contributed by atoms with Crippen LogP contribution < -0.4 is 5.32 Å². The standard InChI is InChI=1S/C16H14BrF3N4OS/c1-26-14(21-5-2-4-17)13-3-6-22-15(24-13)23-11-7-10(16(18,19)20)8-12(25)9-11/h2-3,5-9,25H,4H2,1H3,(H,22,23,24)/b5-2+,21-14?. The maximum absolute atomic E-state index is 12.9. The van der Waals surface area contributed by atoms with Gasteiger partial charge >= 0.3 is 6.18 Å². The van der Waals surface area contributed by atoms with Crippen molar-refractivity contribution in [1.82, 2.24) is 9.97 Å². The number of aliphatic imine (C=N–C) groups is 1. The van der Waals surface area contributed by atoms with Crippen molar-refractivity contribution in [3.05, 3.63) is 54.0 Å². The molecule has 10 heteroatoms. The lowest BCUT2D eigenvalue weighted by Gasteiger charge is -2.11. The van der Waals surface area contributed by atoms with E-state index in [-0.39, 0.29) is 11.6 Å². The second kappa shape index (κ2) is 9.04. The Morgan fingerprint density at radius 2 is 2.15 bits per heavy atom. The van der Waals surface area contributed by atoms with Crippen LogP contribution in [0.4, 0.5) is 24.8 Å². The van der Waals surface area contributed by atoms with Crippen LogP contribution >= 0.6 is 27.7 Å². The molecule has 0 aliphatic heterocycles. The monoisotopic (exact) mass is 446 g/mol. The van der Waals surface area contributed by atoms with Crippen molar-refractivity contribution >= 4 is 44.4 Å². The zero-order valence-corrected chi connectivity index (χ0v) is 15.9. The third kappa shape index (κ3) is 5.73. The zero-order chi connectivity index (χ0) is 19.2. The molecular weight excluding hydrogens is 433 g/mol. The molecule has 0 aliphatic carbocycles. The van der Waals surface area contributed by atoms with Crippen LogP contribution in [-0.2, 0) is 6.18 Å². The van der Waals surface area contributed by atoms with Crippen molar-refractivity contribution in [3.8, 4) is 5.75 Å². The van der Waals surface area contributed by atoms with Crippen LogP contribution in [0.2, 0.25) is 0 Å². The molecule has 2 aromatic rings. The summed E-state index contributed by atoms with van der Waals surface area (Å²) in [6, 6.07) is 4.33.